The maximum atomic E-state index is 9.56. The van der Waals surface area contributed by atoms with E-state index in [1.54, 1.807) is 6.20 Å². The van der Waals surface area contributed by atoms with E-state index in [9.17, 15) is 10.2 Å². The summed E-state index contributed by atoms with van der Waals surface area (Å²) in [5.41, 5.74) is 1.08. The normalized spacial score (nSPS) is 26.0. The zero-order valence-corrected chi connectivity index (χ0v) is 10.00. The molecule has 1 fully saturated rings. The summed E-state index contributed by atoms with van der Waals surface area (Å²) in [5, 5.41) is 18.9. The summed E-state index contributed by atoms with van der Waals surface area (Å²) >= 11 is 0. The predicted molar refractivity (Wildman–Crippen MR) is 65.6 cm³/mol. The van der Waals surface area contributed by atoms with Crippen LogP contribution in [0.3, 0.4) is 0 Å². The molecule has 0 aromatic carbocycles. The van der Waals surface area contributed by atoms with E-state index in [1.165, 1.54) is 0 Å². The number of aromatic nitrogens is 1. The third kappa shape index (κ3) is 3.49. The van der Waals surface area contributed by atoms with Gasteiger partial charge in [-0.3, -0.25) is 9.88 Å². The smallest absolute Gasteiger partial charge is 0.0587 e. The van der Waals surface area contributed by atoms with Crippen molar-refractivity contribution < 1.29 is 10.2 Å². The van der Waals surface area contributed by atoms with Crippen molar-refractivity contribution in [3.8, 4) is 0 Å². The second-order valence-corrected chi connectivity index (χ2v) is 4.62. The number of hydrogen-bond acceptors (Lipinski definition) is 4. The Morgan fingerprint density at radius 3 is 3.00 bits per heavy atom. The standard InChI is InChI=1S/C13H20N2O2/c16-10-12-9-13(17)5-8-15(12)7-4-11-3-1-2-6-14-11/h1-3,6,12-13,16-17H,4-5,7-10H2. The summed E-state index contributed by atoms with van der Waals surface area (Å²) in [7, 11) is 0. The number of pyridine rings is 1. The first-order valence-corrected chi connectivity index (χ1v) is 6.22. The van der Waals surface area contributed by atoms with Gasteiger partial charge in [-0.25, -0.2) is 0 Å². The average Bonchev–Trinajstić information content (AvgIpc) is 2.38. The van der Waals surface area contributed by atoms with E-state index in [2.05, 4.69) is 9.88 Å². The Bertz CT molecular complexity index is 331. The number of likely N-dealkylation sites (tertiary alicyclic amines) is 1. The number of rotatable bonds is 4. The largest absolute Gasteiger partial charge is 0.395 e. The number of aliphatic hydroxyl groups excluding tert-OH is 2. The van der Waals surface area contributed by atoms with Crippen molar-refractivity contribution in [2.45, 2.75) is 31.4 Å². The van der Waals surface area contributed by atoms with Gasteiger partial charge in [0.25, 0.3) is 0 Å². The first kappa shape index (κ1) is 12.5. The van der Waals surface area contributed by atoms with Gasteiger partial charge in [-0.15, -0.1) is 0 Å². The summed E-state index contributed by atoms with van der Waals surface area (Å²) in [4.78, 5) is 6.54. The van der Waals surface area contributed by atoms with Gasteiger partial charge in [0.15, 0.2) is 0 Å². The molecule has 1 aliphatic heterocycles. The van der Waals surface area contributed by atoms with Crippen molar-refractivity contribution >= 4 is 0 Å². The minimum atomic E-state index is -0.252. The molecule has 0 saturated carbocycles. The lowest BCUT2D eigenvalue weighted by Gasteiger charge is -2.36. The van der Waals surface area contributed by atoms with E-state index in [0.29, 0.717) is 6.42 Å². The molecule has 17 heavy (non-hydrogen) atoms. The van der Waals surface area contributed by atoms with Crippen LogP contribution in [0.4, 0.5) is 0 Å². The van der Waals surface area contributed by atoms with Crippen LogP contribution in [0.2, 0.25) is 0 Å². The minimum Gasteiger partial charge on any atom is -0.395 e. The van der Waals surface area contributed by atoms with Crippen molar-refractivity contribution in [3.63, 3.8) is 0 Å². The third-order valence-electron chi connectivity index (χ3n) is 3.40. The Balaban J connectivity index is 1.85. The Morgan fingerprint density at radius 1 is 1.41 bits per heavy atom. The molecule has 2 atom stereocenters. The van der Waals surface area contributed by atoms with Crippen LogP contribution in [0.5, 0.6) is 0 Å². The van der Waals surface area contributed by atoms with Gasteiger partial charge < -0.3 is 10.2 Å². The highest BCUT2D eigenvalue weighted by atomic mass is 16.3. The molecule has 2 unspecified atom stereocenters. The maximum absolute atomic E-state index is 9.56. The average molecular weight is 236 g/mol. The molecule has 1 saturated heterocycles. The Morgan fingerprint density at radius 2 is 2.29 bits per heavy atom. The van der Waals surface area contributed by atoms with Gasteiger partial charge >= 0.3 is 0 Å². The first-order chi connectivity index (χ1) is 8.29. The number of piperidine rings is 1. The van der Waals surface area contributed by atoms with Crippen molar-refractivity contribution in [1.29, 1.82) is 0 Å². The highest BCUT2D eigenvalue weighted by Crippen LogP contribution is 2.17. The zero-order valence-electron chi connectivity index (χ0n) is 10.00. The molecule has 1 aliphatic rings. The lowest BCUT2D eigenvalue weighted by molar-refractivity contribution is 0.0176. The SMILES string of the molecule is OCC1CC(O)CCN1CCc1ccccn1. The highest BCUT2D eigenvalue weighted by molar-refractivity contribution is 5.04. The van der Waals surface area contributed by atoms with Gasteiger partial charge in [0.2, 0.25) is 0 Å². The summed E-state index contributed by atoms with van der Waals surface area (Å²) < 4.78 is 0. The van der Waals surface area contributed by atoms with Gasteiger partial charge in [0.1, 0.15) is 0 Å². The van der Waals surface area contributed by atoms with Gasteiger partial charge in [-0.2, -0.15) is 0 Å². The fourth-order valence-electron chi connectivity index (χ4n) is 2.37. The van der Waals surface area contributed by atoms with Gasteiger partial charge in [-0.1, -0.05) is 6.07 Å². The van der Waals surface area contributed by atoms with E-state index in [4.69, 9.17) is 0 Å². The Labute approximate surface area is 102 Å². The van der Waals surface area contributed by atoms with Crippen molar-refractivity contribution in [3.05, 3.63) is 30.1 Å². The second-order valence-electron chi connectivity index (χ2n) is 4.62. The zero-order chi connectivity index (χ0) is 12.1. The van der Waals surface area contributed by atoms with Crippen LogP contribution >= 0.6 is 0 Å². The van der Waals surface area contributed by atoms with E-state index in [1.807, 2.05) is 18.2 Å². The van der Waals surface area contributed by atoms with E-state index >= 15 is 0 Å². The van der Waals surface area contributed by atoms with Gasteiger partial charge in [-0.05, 0) is 25.0 Å². The fourth-order valence-corrected chi connectivity index (χ4v) is 2.37. The van der Waals surface area contributed by atoms with E-state index < -0.39 is 0 Å². The highest BCUT2D eigenvalue weighted by Gasteiger charge is 2.26. The Hall–Kier alpha value is -0.970. The lowest BCUT2D eigenvalue weighted by Crippen LogP contribution is -2.47. The molecule has 2 rings (SSSR count). The van der Waals surface area contributed by atoms with Crippen LogP contribution in [0, 0.1) is 0 Å². The second kappa shape index (κ2) is 6.10. The Kier molecular flexibility index (Phi) is 4.48. The van der Waals surface area contributed by atoms with Crippen LogP contribution in [0.15, 0.2) is 24.4 Å². The molecule has 94 valence electrons. The molecule has 1 aromatic rings. The summed E-state index contributed by atoms with van der Waals surface area (Å²) in [6.45, 7) is 1.88. The van der Waals surface area contributed by atoms with E-state index in [-0.39, 0.29) is 18.8 Å². The molecule has 0 amide bonds. The number of hydrogen-bond donors (Lipinski definition) is 2. The summed E-state index contributed by atoms with van der Waals surface area (Å²) in [6.07, 6.45) is 3.93. The van der Waals surface area contributed by atoms with Gasteiger partial charge in [0.05, 0.1) is 12.7 Å². The molecule has 2 N–H and O–H groups in total. The lowest BCUT2D eigenvalue weighted by atomic mass is 9.99. The van der Waals surface area contributed by atoms with Crippen molar-refractivity contribution in [2.24, 2.45) is 0 Å². The maximum Gasteiger partial charge on any atom is 0.0587 e. The molecule has 0 aliphatic carbocycles. The molecular weight excluding hydrogens is 216 g/mol. The van der Waals surface area contributed by atoms with Crippen LogP contribution < -0.4 is 0 Å². The van der Waals surface area contributed by atoms with Crippen LogP contribution in [-0.2, 0) is 6.42 Å². The molecule has 2 heterocycles. The number of nitrogens with zero attached hydrogens (tertiary/aromatic N) is 2. The monoisotopic (exact) mass is 236 g/mol. The van der Waals surface area contributed by atoms with Crippen molar-refractivity contribution in [2.75, 3.05) is 19.7 Å². The summed E-state index contributed by atoms with van der Waals surface area (Å²) in [6, 6.07) is 6.03. The van der Waals surface area contributed by atoms with Crippen LogP contribution in [-0.4, -0.2) is 51.9 Å². The topological polar surface area (TPSA) is 56.6 Å². The fraction of sp³-hybridized carbons (Fsp3) is 0.615. The first-order valence-electron chi connectivity index (χ1n) is 6.22. The molecule has 4 heteroatoms. The molecule has 0 spiro atoms. The van der Waals surface area contributed by atoms with Crippen LogP contribution in [0.1, 0.15) is 18.5 Å². The molecule has 1 aromatic heterocycles. The van der Waals surface area contributed by atoms with Crippen molar-refractivity contribution in [1.82, 2.24) is 9.88 Å². The molecular formula is C13H20N2O2. The van der Waals surface area contributed by atoms with E-state index in [0.717, 1.165) is 31.6 Å². The van der Waals surface area contributed by atoms with Gasteiger partial charge in [0, 0.05) is 37.4 Å². The minimum absolute atomic E-state index is 0.0995. The van der Waals surface area contributed by atoms with Crippen LogP contribution in [0.25, 0.3) is 0 Å². The third-order valence-corrected chi connectivity index (χ3v) is 3.40. The predicted octanol–water partition coefficient (Wildman–Crippen LogP) is 0.442. The molecule has 0 bridgehead atoms. The number of aliphatic hydroxyl groups is 2. The molecule has 4 nitrogen and oxygen atoms in total. The molecule has 0 radical (unpaired) electrons. The quantitative estimate of drug-likeness (QED) is 0.796. The summed E-state index contributed by atoms with van der Waals surface area (Å²) in [5.74, 6) is 0.